The van der Waals surface area contributed by atoms with Crippen LogP contribution in [0.15, 0.2) is 34.2 Å². The van der Waals surface area contributed by atoms with E-state index in [1.54, 1.807) is 19.1 Å². The highest BCUT2D eigenvalue weighted by Gasteiger charge is 2.11. The van der Waals surface area contributed by atoms with Gasteiger partial charge in [-0.15, -0.1) is 0 Å². The molecule has 1 amide bonds. The lowest BCUT2D eigenvalue weighted by Crippen LogP contribution is -2.20. The van der Waals surface area contributed by atoms with Gasteiger partial charge in [-0.25, -0.2) is 4.98 Å². The molecular weight excluding hydrogens is 338 g/mol. The van der Waals surface area contributed by atoms with Crippen LogP contribution in [0, 0.1) is 6.92 Å². The molecule has 0 radical (unpaired) electrons. The van der Waals surface area contributed by atoms with E-state index in [1.165, 1.54) is 11.8 Å². The van der Waals surface area contributed by atoms with Crippen LogP contribution in [0.3, 0.4) is 0 Å². The first kappa shape index (κ1) is 19.1. The minimum atomic E-state index is -0.181. The first-order valence-electron chi connectivity index (χ1n) is 8.09. The third kappa shape index (κ3) is 5.63. The molecule has 0 bridgehead atoms. The SMILES string of the molecule is CSc1nc(C)c(CCC(=O)Nc2ccc(OC(C)C)cc2)c(=O)[nH]1. The predicted molar refractivity (Wildman–Crippen MR) is 101 cm³/mol. The van der Waals surface area contributed by atoms with Crippen molar-refractivity contribution in [3.8, 4) is 5.75 Å². The smallest absolute Gasteiger partial charge is 0.254 e. The van der Waals surface area contributed by atoms with Gasteiger partial charge in [0.25, 0.3) is 5.56 Å². The number of aromatic nitrogens is 2. The van der Waals surface area contributed by atoms with E-state index < -0.39 is 0 Å². The van der Waals surface area contributed by atoms with E-state index in [9.17, 15) is 9.59 Å². The van der Waals surface area contributed by atoms with Crippen LogP contribution >= 0.6 is 11.8 Å². The zero-order valence-corrected chi connectivity index (χ0v) is 15.7. The summed E-state index contributed by atoms with van der Waals surface area (Å²) < 4.78 is 5.57. The zero-order valence-electron chi connectivity index (χ0n) is 14.9. The van der Waals surface area contributed by atoms with Crippen molar-refractivity contribution in [2.24, 2.45) is 0 Å². The molecule has 25 heavy (non-hydrogen) atoms. The van der Waals surface area contributed by atoms with Crippen LogP contribution in [-0.4, -0.2) is 28.2 Å². The van der Waals surface area contributed by atoms with Crippen LogP contribution in [0.2, 0.25) is 0 Å². The first-order chi connectivity index (χ1) is 11.9. The lowest BCUT2D eigenvalue weighted by atomic mass is 10.1. The maximum atomic E-state index is 12.1. The fourth-order valence-electron chi connectivity index (χ4n) is 2.33. The Morgan fingerprint density at radius 3 is 2.56 bits per heavy atom. The molecule has 0 spiro atoms. The van der Waals surface area contributed by atoms with Gasteiger partial charge < -0.3 is 15.0 Å². The van der Waals surface area contributed by atoms with Gasteiger partial charge in [0.15, 0.2) is 5.16 Å². The largest absolute Gasteiger partial charge is 0.491 e. The lowest BCUT2D eigenvalue weighted by molar-refractivity contribution is -0.116. The number of hydrogen-bond acceptors (Lipinski definition) is 5. The summed E-state index contributed by atoms with van der Waals surface area (Å²) in [4.78, 5) is 31.2. The Hall–Kier alpha value is -2.28. The fraction of sp³-hybridized carbons (Fsp3) is 0.389. The van der Waals surface area contributed by atoms with Gasteiger partial charge in [0.05, 0.1) is 6.10 Å². The molecule has 0 saturated carbocycles. The third-order valence-corrected chi connectivity index (χ3v) is 4.09. The number of thioether (sulfide) groups is 1. The molecule has 0 aliphatic rings. The van der Waals surface area contributed by atoms with E-state index >= 15 is 0 Å². The van der Waals surface area contributed by atoms with Crippen molar-refractivity contribution < 1.29 is 9.53 Å². The molecule has 0 saturated heterocycles. The summed E-state index contributed by atoms with van der Waals surface area (Å²) >= 11 is 1.38. The summed E-state index contributed by atoms with van der Waals surface area (Å²) in [6, 6.07) is 7.22. The normalized spacial score (nSPS) is 10.8. The van der Waals surface area contributed by atoms with Crippen molar-refractivity contribution in [2.75, 3.05) is 11.6 Å². The highest BCUT2D eigenvalue weighted by atomic mass is 32.2. The van der Waals surface area contributed by atoms with Gasteiger partial charge in [0, 0.05) is 23.4 Å². The fourth-order valence-corrected chi connectivity index (χ4v) is 2.75. The number of rotatable bonds is 7. The van der Waals surface area contributed by atoms with Crippen molar-refractivity contribution in [2.45, 2.75) is 44.9 Å². The van der Waals surface area contributed by atoms with Crippen LogP contribution in [-0.2, 0) is 11.2 Å². The summed E-state index contributed by atoms with van der Waals surface area (Å²) in [7, 11) is 0. The van der Waals surface area contributed by atoms with Crippen molar-refractivity contribution >= 4 is 23.4 Å². The Labute approximate surface area is 151 Å². The molecule has 0 unspecified atom stereocenters. The number of aromatic amines is 1. The minimum absolute atomic E-state index is 0.105. The van der Waals surface area contributed by atoms with Crippen LogP contribution in [0.4, 0.5) is 5.69 Å². The number of amides is 1. The van der Waals surface area contributed by atoms with Gasteiger partial charge in [0.1, 0.15) is 5.75 Å². The lowest BCUT2D eigenvalue weighted by Gasteiger charge is -2.11. The van der Waals surface area contributed by atoms with Crippen molar-refractivity contribution in [3.05, 3.63) is 45.9 Å². The molecule has 7 heteroatoms. The summed E-state index contributed by atoms with van der Waals surface area (Å²) in [5.41, 5.74) is 1.73. The molecule has 0 aliphatic heterocycles. The Bertz CT molecular complexity index is 785. The van der Waals surface area contributed by atoms with E-state index in [2.05, 4.69) is 15.3 Å². The molecule has 2 aromatic rings. The van der Waals surface area contributed by atoms with Gasteiger partial charge in [-0.1, -0.05) is 11.8 Å². The molecular formula is C18H23N3O3S. The van der Waals surface area contributed by atoms with E-state index in [-0.39, 0.29) is 24.0 Å². The number of benzene rings is 1. The van der Waals surface area contributed by atoms with Gasteiger partial charge in [-0.3, -0.25) is 9.59 Å². The number of carbonyl (C=O) groups is 1. The van der Waals surface area contributed by atoms with Crippen molar-refractivity contribution in [1.29, 1.82) is 0 Å². The molecule has 0 aliphatic carbocycles. The number of hydrogen-bond donors (Lipinski definition) is 2. The van der Waals surface area contributed by atoms with Gasteiger partial charge in [-0.05, 0) is 57.7 Å². The van der Waals surface area contributed by atoms with Crippen LogP contribution in [0.1, 0.15) is 31.5 Å². The van der Waals surface area contributed by atoms with E-state index in [0.29, 0.717) is 28.5 Å². The number of aryl methyl sites for hydroxylation is 1. The number of nitrogens with one attached hydrogen (secondary N) is 2. The van der Waals surface area contributed by atoms with Crippen LogP contribution in [0.5, 0.6) is 5.75 Å². The van der Waals surface area contributed by atoms with Gasteiger partial charge >= 0.3 is 0 Å². The number of H-pyrrole nitrogens is 1. The predicted octanol–water partition coefficient (Wildman–Crippen LogP) is 3.16. The average molecular weight is 361 g/mol. The number of anilines is 1. The molecule has 1 heterocycles. The Morgan fingerprint density at radius 2 is 2.00 bits per heavy atom. The molecule has 1 aromatic heterocycles. The number of ether oxygens (including phenoxy) is 1. The maximum Gasteiger partial charge on any atom is 0.254 e. The molecule has 134 valence electrons. The van der Waals surface area contributed by atoms with Crippen LogP contribution in [0.25, 0.3) is 0 Å². The standard InChI is InChI=1S/C18H23N3O3S/c1-11(2)24-14-7-5-13(6-8-14)20-16(22)10-9-15-12(3)19-18(25-4)21-17(15)23/h5-8,11H,9-10H2,1-4H3,(H,20,22)(H,19,21,23). The number of carbonyl (C=O) groups excluding carboxylic acids is 1. The van der Waals surface area contributed by atoms with Crippen molar-refractivity contribution in [1.82, 2.24) is 9.97 Å². The molecule has 1 aromatic carbocycles. The molecule has 6 nitrogen and oxygen atoms in total. The van der Waals surface area contributed by atoms with Gasteiger partial charge in [-0.2, -0.15) is 0 Å². The summed E-state index contributed by atoms with van der Waals surface area (Å²) in [6.07, 6.45) is 2.52. The van der Waals surface area contributed by atoms with Gasteiger partial charge in [0.2, 0.25) is 5.91 Å². The van der Waals surface area contributed by atoms with Crippen molar-refractivity contribution in [3.63, 3.8) is 0 Å². The highest BCUT2D eigenvalue weighted by Crippen LogP contribution is 2.17. The van der Waals surface area contributed by atoms with Crippen LogP contribution < -0.4 is 15.6 Å². The molecule has 0 fully saturated rings. The topological polar surface area (TPSA) is 84.1 Å². The maximum absolute atomic E-state index is 12.1. The monoisotopic (exact) mass is 361 g/mol. The average Bonchev–Trinajstić information content (AvgIpc) is 2.55. The quantitative estimate of drug-likeness (QED) is 0.584. The molecule has 2 N–H and O–H groups in total. The van der Waals surface area contributed by atoms with E-state index in [1.807, 2.05) is 32.2 Å². The summed E-state index contributed by atoms with van der Waals surface area (Å²) in [5.74, 6) is 0.611. The van der Waals surface area contributed by atoms with E-state index in [0.717, 1.165) is 5.75 Å². The Kier molecular flexibility index (Phi) is 6.64. The Balaban J connectivity index is 1.94. The zero-order chi connectivity index (χ0) is 18.4. The van der Waals surface area contributed by atoms with E-state index in [4.69, 9.17) is 4.74 Å². The molecule has 0 atom stereocenters. The summed E-state index contributed by atoms with van der Waals surface area (Å²) in [5, 5.41) is 3.41. The second-order valence-electron chi connectivity index (χ2n) is 5.88. The minimum Gasteiger partial charge on any atom is -0.491 e. The highest BCUT2D eigenvalue weighted by molar-refractivity contribution is 7.98. The second-order valence-corrected chi connectivity index (χ2v) is 6.67. The summed E-state index contributed by atoms with van der Waals surface area (Å²) in [6.45, 7) is 5.70. The first-order valence-corrected chi connectivity index (χ1v) is 9.32. The molecule has 2 rings (SSSR count). The second kappa shape index (κ2) is 8.71. The Morgan fingerprint density at radius 1 is 1.32 bits per heavy atom. The third-order valence-electron chi connectivity index (χ3n) is 3.51. The number of nitrogens with zero attached hydrogens (tertiary/aromatic N) is 1.